The molecule has 0 spiro atoms. The molecular weight excluding hydrogens is 372 g/mol. The molecule has 0 saturated carbocycles. The van der Waals surface area contributed by atoms with E-state index in [1.807, 2.05) is 16.5 Å². The number of benzene rings is 1. The van der Waals surface area contributed by atoms with E-state index in [1.54, 1.807) is 0 Å². The highest BCUT2D eigenvalue weighted by Crippen LogP contribution is 2.30. The van der Waals surface area contributed by atoms with E-state index in [1.165, 1.54) is 11.3 Å². The molecule has 2 atom stereocenters. The molecule has 28 heavy (non-hydrogen) atoms. The highest BCUT2D eigenvalue weighted by atomic mass is 35.5. The first-order valence-corrected chi connectivity index (χ1v) is 10.4. The summed E-state index contributed by atoms with van der Waals surface area (Å²) in [6.45, 7) is 4.96. The van der Waals surface area contributed by atoms with E-state index < -0.39 is 0 Å². The second-order valence-electron chi connectivity index (χ2n) is 7.98. The lowest BCUT2D eigenvalue weighted by atomic mass is 9.96. The summed E-state index contributed by atoms with van der Waals surface area (Å²) in [7, 11) is 0. The van der Waals surface area contributed by atoms with Gasteiger partial charge in [-0.1, -0.05) is 19.1 Å². The van der Waals surface area contributed by atoms with Crippen LogP contribution < -0.4 is 5.73 Å². The SMILES string of the molecule is CCc1ccc(-n2nc(C(=O)N3CCCCC3C(C)N)c3c2CCC3)cc1.Cl. The number of carbonyl (C=O) groups excluding carboxylic acids is 1. The molecule has 1 aromatic carbocycles. The monoisotopic (exact) mass is 402 g/mol. The quantitative estimate of drug-likeness (QED) is 0.848. The number of hydrogen-bond donors (Lipinski definition) is 1. The van der Waals surface area contributed by atoms with Crippen LogP contribution in [0.5, 0.6) is 0 Å². The molecule has 2 unspecified atom stereocenters. The van der Waals surface area contributed by atoms with Gasteiger partial charge in [-0.25, -0.2) is 4.68 Å². The third-order valence-corrected chi connectivity index (χ3v) is 6.14. The lowest BCUT2D eigenvalue weighted by Gasteiger charge is -2.37. The Hall–Kier alpha value is -1.85. The van der Waals surface area contributed by atoms with Gasteiger partial charge < -0.3 is 10.6 Å². The number of carbonyl (C=O) groups is 1. The fraction of sp³-hybridized carbons (Fsp3) is 0.545. The van der Waals surface area contributed by atoms with Crippen molar-refractivity contribution in [3.05, 3.63) is 46.8 Å². The largest absolute Gasteiger partial charge is 0.333 e. The van der Waals surface area contributed by atoms with Gasteiger partial charge in [0.05, 0.1) is 5.69 Å². The summed E-state index contributed by atoms with van der Waals surface area (Å²) in [6.07, 6.45) is 7.24. The van der Waals surface area contributed by atoms with Gasteiger partial charge in [-0.2, -0.15) is 5.10 Å². The Labute approximate surface area is 173 Å². The van der Waals surface area contributed by atoms with Gasteiger partial charge in [0.1, 0.15) is 0 Å². The summed E-state index contributed by atoms with van der Waals surface area (Å²) in [6, 6.07) is 8.64. The molecule has 6 heteroatoms. The molecule has 2 aliphatic rings. The molecular formula is C22H31ClN4O. The van der Waals surface area contributed by atoms with Crippen molar-refractivity contribution in [2.75, 3.05) is 6.54 Å². The van der Waals surface area contributed by atoms with Gasteiger partial charge in [-0.05, 0) is 69.6 Å². The van der Waals surface area contributed by atoms with Crippen LogP contribution in [-0.2, 0) is 19.3 Å². The molecule has 5 nitrogen and oxygen atoms in total. The van der Waals surface area contributed by atoms with Gasteiger partial charge in [-0.3, -0.25) is 4.79 Å². The van der Waals surface area contributed by atoms with Gasteiger partial charge in [0.2, 0.25) is 0 Å². The number of likely N-dealkylation sites (tertiary alicyclic amines) is 1. The molecule has 1 aliphatic carbocycles. The predicted molar refractivity (Wildman–Crippen MR) is 115 cm³/mol. The number of amides is 1. The number of aryl methyl sites for hydroxylation is 1. The van der Waals surface area contributed by atoms with Crippen LogP contribution in [-0.4, -0.2) is 39.2 Å². The molecule has 2 N–H and O–H groups in total. The highest BCUT2D eigenvalue weighted by molar-refractivity contribution is 5.94. The second kappa shape index (κ2) is 8.66. The van der Waals surface area contributed by atoms with Crippen LogP contribution in [0.1, 0.15) is 66.8 Å². The number of aromatic nitrogens is 2. The van der Waals surface area contributed by atoms with E-state index in [0.717, 1.165) is 62.7 Å². The summed E-state index contributed by atoms with van der Waals surface area (Å²) in [5, 5.41) is 4.81. The number of piperidine rings is 1. The second-order valence-corrected chi connectivity index (χ2v) is 7.98. The third kappa shape index (κ3) is 3.70. The Morgan fingerprint density at radius 2 is 1.96 bits per heavy atom. The van der Waals surface area contributed by atoms with Crippen molar-refractivity contribution in [2.24, 2.45) is 5.73 Å². The molecule has 1 amide bonds. The summed E-state index contributed by atoms with van der Waals surface area (Å²) >= 11 is 0. The van der Waals surface area contributed by atoms with Crippen LogP contribution >= 0.6 is 12.4 Å². The smallest absolute Gasteiger partial charge is 0.274 e. The molecule has 0 radical (unpaired) electrons. The maximum atomic E-state index is 13.4. The average molecular weight is 403 g/mol. The number of nitrogens with zero attached hydrogens (tertiary/aromatic N) is 3. The molecule has 4 rings (SSSR count). The first kappa shape index (κ1) is 20.9. The topological polar surface area (TPSA) is 64.2 Å². The predicted octanol–water partition coefficient (Wildman–Crippen LogP) is 3.69. The van der Waals surface area contributed by atoms with E-state index in [-0.39, 0.29) is 30.4 Å². The fourth-order valence-electron chi connectivity index (χ4n) is 4.59. The number of rotatable bonds is 4. The molecule has 152 valence electrons. The molecule has 1 aromatic heterocycles. The zero-order valence-corrected chi connectivity index (χ0v) is 17.7. The molecule has 1 aliphatic heterocycles. The molecule has 2 heterocycles. The van der Waals surface area contributed by atoms with E-state index in [2.05, 4.69) is 31.2 Å². The maximum absolute atomic E-state index is 13.4. The van der Waals surface area contributed by atoms with Crippen LogP contribution in [0.25, 0.3) is 5.69 Å². The Morgan fingerprint density at radius 1 is 1.21 bits per heavy atom. The first-order valence-electron chi connectivity index (χ1n) is 10.4. The van der Waals surface area contributed by atoms with Crippen LogP contribution in [0, 0.1) is 0 Å². The molecule has 2 aromatic rings. The number of halogens is 1. The minimum atomic E-state index is -0.00836. The summed E-state index contributed by atoms with van der Waals surface area (Å²) < 4.78 is 2.00. The van der Waals surface area contributed by atoms with Crippen molar-refractivity contribution in [1.29, 1.82) is 0 Å². The van der Waals surface area contributed by atoms with Crippen LogP contribution in [0.15, 0.2) is 24.3 Å². The Kier molecular flexibility index (Phi) is 6.46. The first-order chi connectivity index (χ1) is 13.1. The number of hydrogen-bond acceptors (Lipinski definition) is 3. The average Bonchev–Trinajstić information content (AvgIpc) is 3.30. The molecule has 1 fully saturated rings. The lowest BCUT2D eigenvalue weighted by Crippen LogP contribution is -2.51. The number of fused-ring (bicyclic) bond motifs is 1. The number of nitrogens with two attached hydrogens (primary N) is 1. The minimum absolute atomic E-state index is 0. The van der Waals surface area contributed by atoms with Crippen molar-refractivity contribution < 1.29 is 4.79 Å². The van der Waals surface area contributed by atoms with Gasteiger partial charge in [0.15, 0.2) is 5.69 Å². The zero-order chi connectivity index (χ0) is 19.0. The van der Waals surface area contributed by atoms with Crippen molar-refractivity contribution in [1.82, 2.24) is 14.7 Å². The molecule has 1 saturated heterocycles. The maximum Gasteiger partial charge on any atom is 0.274 e. The van der Waals surface area contributed by atoms with E-state index in [4.69, 9.17) is 10.8 Å². The Morgan fingerprint density at radius 3 is 2.64 bits per heavy atom. The normalized spacial score (nSPS) is 19.8. The standard InChI is InChI=1S/C22H30N4O.ClH/c1-3-16-10-12-17(13-11-16)26-20-9-6-7-18(20)21(24-26)22(27)25-14-5-4-8-19(25)15(2)23;/h10-13,15,19H,3-9,14,23H2,1-2H3;1H. The van der Waals surface area contributed by atoms with E-state index in [9.17, 15) is 4.79 Å². The zero-order valence-electron chi connectivity index (χ0n) is 16.9. The van der Waals surface area contributed by atoms with E-state index >= 15 is 0 Å². The van der Waals surface area contributed by atoms with Crippen LogP contribution in [0.3, 0.4) is 0 Å². The van der Waals surface area contributed by atoms with E-state index in [0.29, 0.717) is 5.69 Å². The minimum Gasteiger partial charge on any atom is -0.333 e. The Balaban J connectivity index is 0.00000225. The summed E-state index contributed by atoms with van der Waals surface area (Å²) in [5.74, 6) is 0.0686. The van der Waals surface area contributed by atoms with Crippen molar-refractivity contribution in [3.63, 3.8) is 0 Å². The van der Waals surface area contributed by atoms with Crippen LogP contribution in [0.4, 0.5) is 0 Å². The van der Waals surface area contributed by atoms with Gasteiger partial charge in [0.25, 0.3) is 5.91 Å². The van der Waals surface area contributed by atoms with Gasteiger partial charge in [0, 0.05) is 29.9 Å². The third-order valence-electron chi connectivity index (χ3n) is 6.14. The van der Waals surface area contributed by atoms with Gasteiger partial charge in [-0.15, -0.1) is 12.4 Å². The summed E-state index contributed by atoms with van der Waals surface area (Å²) in [5.41, 5.74) is 11.6. The van der Waals surface area contributed by atoms with Gasteiger partial charge >= 0.3 is 0 Å². The molecule has 0 bridgehead atoms. The van der Waals surface area contributed by atoms with Crippen molar-refractivity contribution in [2.45, 2.75) is 70.9 Å². The highest BCUT2D eigenvalue weighted by Gasteiger charge is 2.34. The Bertz CT molecular complexity index is 828. The summed E-state index contributed by atoms with van der Waals surface area (Å²) in [4.78, 5) is 15.4. The lowest BCUT2D eigenvalue weighted by molar-refractivity contribution is 0.0576. The van der Waals surface area contributed by atoms with Crippen molar-refractivity contribution in [3.8, 4) is 5.69 Å². The fourth-order valence-corrected chi connectivity index (χ4v) is 4.59. The van der Waals surface area contributed by atoms with Crippen LogP contribution in [0.2, 0.25) is 0 Å². The van der Waals surface area contributed by atoms with Crippen molar-refractivity contribution >= 4 is 18.3 Å².